The number of hydrogen-bond acceptors (Lipinski definition) is 21. The minimum atomic E-state index is -1.67. The third kappa shape index (κ3) is 10.7. The fourth-order valence-electron chi connectivity index (χ4n) is 7.56. The molecule has 3 saturated heterocycles. The highest BCUT2D eigenvalue weighted by molar-refractivity contribution is 5.80. The molecule has 4 aliphatic heterocycles. The van der Waals surface area contributed by atoms with Gasteiger partial charge in [-0.15, -0.1) is 0 Å². The van der Waals surface area contributed by atoms with E-state index in [0.717, 1.165) is 0 Å². The summed E-state index contributed by atoms with van der Waals surface area (Å²) in [5.41, 5.74) is 29.4. The van der Waals surface area contributed by atoms with Crippen LogP contribution in [0.5, 0.6) is 0 Å². The van der Waals surface area contributed by atoms with Crippen molar-refractivity contribution in [3.8, 4) is 0 Å². The fourth-order valence-corrected chi connectivity index (χ4v) is 7.56. The van der Waals surface area contributed by atoms with Crippen LogP contribution >= 0.6 is 0 Å². The zero-order chi connectivity index (χ0) is 40.0. The molecule has 4 fully saturated rings. The quantitative estimate of drug-likeness (QED) is 0.0645. The van der Waals surface area contributed by atoms with Gasteiger partial charge < -0.3 is 109 Å². The van der Waals surface area contributed by atoms with E-state index in [1.165, 1.54) is 0 Å². The maximum atomic E-state index is 12.8. The van der Waals surface area contributed by atoms with E-state index >= 15 is 0 Å². The second-order valence-electron chi connectivity index (χ2n) is 15.1. The zero-order valence-corrected chi connectivity index (χ0v) is 30.7. The van der Waals surface area contributed by atoms with Gasteiger partial charge in [-0.2, -0.15) is 0 Å². The molecular weight excluding hydrogens is 732 g/mol. The van der Waals surface area contributed by atoms with Gasteiger partial charge in [-0.05, 0) is 45.3 Å². The van der Waals surface area contributed by atoms with E-state index in [1.807, 2.05) is 0 Å². The summed E-state index contributed by atoms with van der Waals surface area (Å²) in [6, 6.07) is -4.09. The third-order valence-corrected chi connectivity index (χ3v) is 10.9. The van der Waals surface area contributed by atoms with Gasteiger partial charge in [0.05, 0.1) is 36.4 Å². The van der Waals surface area contributed by atoms with E-state index in [4.69, 9.17) is 57.1 Å². The Kier molecular flexibility index (Phi) is 16.1. The second-order valence-corrected chi connectivity index (χ2v) is 15.1. The van der Waals surface area contributed by atoms with Crippen LogP contribution in [-0.2, 0) is 33.2 Å². The van der Waals surface area contributed by atoms with Crippen molar-refractivity contribution in [3.63, 3.8) is 0 Å². The fraction of sp³-hybridized carbons (Fsp3) is 0.909. The Hall–Kier alpha value is -1.59. The van der Waals surface area contributed by atoms with Crippen LogP contribution in [0.2, 0.25) is 0 Å². The van der Waals surface area contributed by atoms with Crippen molar-refractivity contribution < 1.29 is 69.0 Å². The Morgan fingerprint density at radius 2 is 1.55 bits per heavy atom. The van der Waals surface area contributed by atoms with Crippen LogP contribution in [0.3, 0.4) is 0 Å². The van der Waals surface area contributed by atoms with Crippen LogP contribution in [0.1, 0.15) is 25.7 Å². The molecule has 22 heteroatoms. The van der Waals surface area contributed by atoms with Crippen LogP contribution < -0.4 is 44.6 Å². The molecule has 4 heterocycles. The number of amides is 1. The molecule has 18 atom stereocenters. The number of nitrogens with one attached hydrogen (secondary N) is 3. The number of nitrogens with two attached hydrogens (primary N) is 5. The van der Waals surface area contributed by atoms with Crippen LogP contribution in [0.25, 0.3) is 0 Å². The molecule has 318 valence electrons. The molecule has 0 aromatic rings. The van der Waals surface area contributed by atoms with Crippen LogP contribution in [-0.4, -0.2) is 203 Å². The molecule has 1 aliphatic carbocycles. The van der Waals surface area contributed by atoms with Gasteiger partial charge in [0.1, 0.15) is 61.0 Å². The number of ether oxygens (including phenoxy) is 6. The first-order valence-electron chi connectivity index (χ1n) is 18.9. The van der Waals surface area contributed by atoms with E-state index in [0.29, 0.717) is 39.0 Å². The summed E-state index contributed by atoms with van der Waals surface area (Å²) < 4.78 is 36.1. The molecule has 0 aromatic carbocycles. The molecule has 0 aromatic heterocycles. The highest BCUT2D eigenvalue weighted by Gasteiger charge is 2.54. The highest BCUT2D eigenvalue weighted by atomic mass is 16.8. The first kappa shape index (κ1) is 44.5. The molecule has 20 N–H and O–H groups in total. The van der Waals surface area contributed by atoms with Gasteiger partial charge in [0, 0.05) is 25.7 Å². The summed E-state index contributed by atoms with van der Waals surface area (Å²) in [7, 11) is 0. The Morgan fingerprint density at radius 1 is 0.873 bits per heavy atom. The summed E-state index contributed by atoms with van der Waals surface area (Å²) in [4.78, 5) is 12.8. The number of carbonyl (C=O) groups excluding carboxylic acids is 1. The molecule has 0 unspecified atom stereocenters. The molecular formula is C33H62N8O14. The Bertz CT molecular complexity index is 1240. The SMILES string of the molecule is NCC[C@H](O)C(=O)N[C@@H]1C[C@H](N)[C@@H](O[C@H]2O[C@H](CNCC3(O)CCNCC3)C=C[C@H]2N)[C@H](O[C@@H]2O[C@H](CO)[C@@H](O[C@H]3O[C@@H](CN)[C@@H](O)[C@H](O)[C@H]3N)[C@H]2O)[C@H]1O. The van der Waals surface area contributed by atoms with E-state index in [-0.39, 0.29) is 25.9 Å². The van der Waals surface area contributed by atoms with Crippen molar-refractivity contribution in [2.45, 2.75) is 141 Å². The first-order chi connectivity index (χ1) is 26.2. The smallest absolute Gasteiger partial charge is 0.249 e. The largest absolute Gasteiger partial charge is 0.394 e. The average molecular weight is 795 g/mol. The van der Waals surface area contributed by atoms with Gasteiger partial charge >= 0.3 is 0 Å². The molecule has 22 nitrogen and oxygen atoms in total. The Morgan fingerprint density at radius 3 is 2.22 bits per heavy atom. The van der Waals surface area contributed by atoms with Gasteiger partial charge in [-0.25, -0.2) is 0 Å². The summed E-state index contributed by atoms with van der Waals surface area (Å²) in [6.45, 7) is 1.25. The Balaban J connectivity index is 1.31. The number of aliphatic hydroxyl groups excluding tert-OH is 6. The minimum absolute atomic E-state index is 0.0311. The maximum absolute atomic E-state index is 12.8. The summed E-state index contributed by atoms with van der Waals surface area (Å²) in [5, 5.41) is 84.2. The predicted molar refractivity (Wildman–Crippen MR) is 190 cm³/mol. The number of hydrogen-bond donors (Lipinski definition) is 15. The molecule has 0 bridgehead atoms. The zero-order valence-electron chi connectivity index (χ0n) is 30.7. The van der Waals surface area contributed by atoms with Crippen molar-refractivity contribution >= 4 is 5.91 Å². The summed E-state index contributed by atoms with van der Waals surface area (Å²) >= 11 is 0. The first-order valence-corrected chi connectivity index (χ1v) is 18.9. The second kappa shape index (κ2) is 19.9. The molecule has 55 heavy (non-hydrogen) atoms. The average Bonchev–Trinajstić information content (AvgIpc) is 3.46. The minimum Gasteiger partial charge on any atom is -0.394 e. The van der Waals surface area contributed by atoms with Gasteiger partial charge in [0.2, 0.25) is 5.91 Å². The van der Waals surface area contributed by atoms with Gasteiger partial charge in [-0.3, -0.25) is 4.79 Å². The molecule has 0 spiro atoms. The van der Waals surface area contributed by atoms with Crippen molar-refractivity contribution in [2.75, 3.05) is 45.9 Å². The number of rotatable bonds is 16. The molecule has 1 saturated carbocycles. The lowest BCUT2D eigenvalue weighted by Crippen LogP contribution is -2.67. The van der Waals surface area contributed by atoms with Crippen molar-refractivity contribution in [2.24, 2.45) is 28.7 Å². The van der Waals surface area contributed by atoms with Crippen molar-refractivity contribution in [3.05, 3.63) is 12.2 Å². The van der Waals surface area contributed by atoms with E-state index in [9.17, 15) is 40.5 Å². The topological polar surface area (TPSA) is 380 Å². The van der Waals surface area contributed by atoms with E-state index in [2.05, 4.69) is 16.0 Å². The molecule has 0 radical (unpaired) electrons. The van der Waals surface area contributed by atoms with Gasteiger partial charge in [-0.1, -0.05) is 12.2 Å². The van der Waals surface area contributed by atoms with Gasteiger partial charge in [0.15, 0.2) is 18.9 Å². The number of carbonyl (C=O) groups is 1. The highest BCUT2D eigenvalue weighted by Crippen LogP contribution is 2.34. The Labute approximate surface area is 318 Å². The standard InChI is InChI=1S/C33H62N8O14/c34-6-3-18(43)29(48)41-17-9-16(37)26(53-30-15(36)2-1-14(50-30)11-40-13-33(49)4-7-39-8-5-33)28(22(17)44)55-32-25(47)27(20(12-42)52-32)54-31-21(38)24(46)23(45)19(10-35)51-31/h1-2,14-28,30-32,39-40,42-47,49H,3-13,34-38H2,(H,41,48)/t14-,15+,16-,17+,18-,19-,20+,21+,22-,23+,24+,25+,26+,27+,28+,30+,31+,32-/m0/s1. The predicted octanol–water partition coefficient (Wildman–Crippen LogP) is -8.45. The molecule has 5 aliphatic rings. The summed E-state index contributed by atoms with van der Waals surface area (Å²) in [6.07, 6.45) is -13.9. The lowest BCUT2D eigenvalue weighted by atomic mass is 9.83. The lowest BCUT2D eigenvalue weighted by molar-refractivity contribution is -0.284. The normalized spacial score (nSPS) is 44.0. The van der Waals surface area contributed by atoms with E-state index < -0.39 is 128 Å². The molecule has 1 amide bonds. The summed E-state index contributed by atoms with van der Waals surface area (Å²) in [5.74, 6) is -0.801. The van der Waals surface area contributed by atoms with Crippen molar-refractivity contribution in [1.82, 2.24) is 16.0 Å². The lowest BCUT2D eigenvalue weighted by Gasteiger charge is -2.46. The number of aliphatic hydroxyl groups is 7. The maximum Gasteiger partial charge on any atom is 0.249 e. The molecule has 5 rings (SSSR count). The van der Waals surface area contributed by atoms with Crippen LogP contribution in [0.4, 0.5) is 0 Å². The monoisotopic (exact) mass is 794 g/mol. The van der Waals surface area contributed by atoms with Crippen LogP contribution in [0, 0.1) is 0 Å². The van der Waals surface area contributed by atoms with E-state index in [1.54, 1.807) is 12.2 Å². The van der Waals surface area contributed by atoms with Gasteiger partial charge in [0.25, 0.3) is 0 Å². The third-order valence-electron chi connectivity index (χ3n) is 10.9. The van der Waals surface area contributed by atoms with Crippen LogP contribution in [0.15, 0.2) is 12.2 Å². The van der Waals surface area contributed by atoms with Crippen molar-refractivity contribution in [1.29, 1.82) is 0 Å². The number of piperidine rings is 1.